The van der Waals surface area contributed by atoms with Crippen molar-refractivity contribution in [3.63, 3.8) is 0 Å². The van der Waals surface area contributed by atoms with E-state index in [0.717, 1.165) is 5.56 Å². The molecule has 24 heavy (non-hydrogen) atoms. The zero-order chi connectivity index (χ0) is 17.3. The number of anilines is 2. The molecule has 1 aliphatic heterocycles. The average molecular weight is 330 g/mol. The number of rotatable bonds is 4. The van der Waals surface area contributed by atoms with Gasteiger partial charge in [-0.3, -0.25) is 14.9 Å². The van der Waals surface area contributed by atoms with Gasteiger partial charge in [-0.1, -0.05) is 11.2 Å². The Hall–Kier alpha value is -2.90. The number of hydrogen-bond donors (Lipinski definition) is 1. The summed E-state index contributed by atoms with van der Waals surface area (Å²) >= 11 is 0. The van der Waals surface area contributed by atoms with E-state index in [9.17, 15) is 9.59 Å². The van der Waals surface area contributed by atoms with Gasteiger partial charge in [0.1, 0.15) is 5.75 Å². The van der Waals surface area contributed by atoms with Crippen LogP contribution in [0.3, 0.4) is 0 Å². The monoisotopic (exact) mass is 330 g/mol. The lowest BCUT2D eigenvalue weighted by atomic mass is 10.1. The SMILES string of the molecule is COc1ccc(C)cc1N1CC(C(=O)Nc2nc(C)no2)CC1=O. The van der Waals surface area contributed by atoms with Gasteiger partial charge in [0.2, 0.25) is 11.8 Å². The lowest BCUT2D eigenvalue weighted by Crippen LogP contribution is -2.28. The Bertz CT molecular complexity index is 786. The highest BCUT2D eigenvalue weighted by Crippen LogP contribution is 2.34. The molecule has 1 atom stereocenters. The minimum Gasteiger partial charge on any atom is -0.495 e. The maximum atomic E-state index is 12.4. The van der Waals surface area contributed by atoms with Gasteiger partial charge in [-0.25, -0.2) is 0 Å². The lowest BCUT2D eigenvalue weighted by molar-refractivity contribution is -0.122. The number of carbonyl (C=O) groups excluding carboxylic acids is 2. The molecule has 1 saturated heterocycles. The lowest BCUT2D eigenvalue weighted by Gasteiger charge is -2.20. The van der Waals surface area contributed by atoms with Crippen LogP contribution in [0.1, 0.15) is 17.8 Å². The van der Waals surface area contributed by atoms with E-state index < -0.39 is 5.92 Å². The van der Waals surface area contributed by atoms with Gasteiger partial charge >= 0.3 is 6.01 Å². The topological polar surface area (TPSA) is 97.6 Å². The Balaban J connectivity index is 1.76. The van der Waals surface area contributed by atoms with Gasteiger partial charge in [0.05, 0.1) is 18.7 Å². The summed E-state index contributed by atoms with van der Waals surface area (Å²) in [5, 5.41) is 6.16. The first kappa shape index (κ1) is 16.0. The van der Waals surface area contributed by atoms with Crippen LogP contribution in [0.25, 0.3) is 0 Å². The fourth-order valence-electron chi connectivity index (χ4n) is 2.68. The van der Waals surface area contributed by atoms with E-state index in [4.69, 9.17) is 9.26 Å². The number of aryl methyl sites for hydroxylation is 2. The van der Waals surface area contributed by atoms with E-state index in [2.05, 4.69) is 15.5 Å². The van der Waals surface area contributed by atoms with Crippen molar-refractivity contribution in [2.45, 2.75) is 20.3 Å². The van der Waals surface area contributed by atoms with Crippen LogP contribution < -0.4 is 15.0 Å². The van der Waals surface area contributed by atoms with Crippen LogP contribution in [0.2, 0.25) is 0 Å². The normalized spacial score (nSPS) is 17.2. The van der Waals surface area contributed by atoms with Gasteiger partial charge in [0.25, 0.3) is 0 Å². The molecule has 126 valence electrons. The molecular weight excluding hydrogens is 312 g/mol. The molecule has 1 aromatic carbocycles. The molecule has 0 saturated carbocycles. The second-order valence-corrected chi connectivity index (χ2v) is 5.72. The van der Waals surface area contributed by atoms with Crippen molar-refractivity contribution in [3.05, 3.63) is 29.6 Å². The smallest absolute Gasteiger partial charge is 0.328 e. The Labute approximate surface area is 138 Å². The van der Waals surface area contributed by atoms with Crippen LogP contribution in [0.4, 0.5) is 11.7 Å². The van der Waals surface area contributed by atoms with Crippen LogP contribution in [0, 0.1) is 19.8 Å². The number of amides is 2. The standard InChI is InChI=1S/C16H18N4O4/c1-9-4-5-13(23-3)12(6-9)20-8-11(7-14(20)21)15(22)18-16-17-10(2)19-24-16/h4-6,11H,7-8H2,1-3H3,(H,17,18,19,22). The highest BCUT2D eigenvalue weighted by atomic mass is 16.5. The first-order chi connectivity index (χ1) is 11.5. The van der Waals surface area contributed by atoms with E-state index in [0.29, 0.717) is 17.3 Å². The number of aromatic nitrogens is 2. The first-order valence-electron chi connectivity index (χ1n) is 7.54. The number of nitrogens with one attached hydrogen (secondary N) is 1. The maximum absolute atomic E-state index is 12.4. The Morgan fingerprint density at radius 1 is 1.42 bits per heavy atom. The van der Waals surface area contributed by atoms with Crippen molar-refractivity contribution in [3.8, 4) is 5.75 Å². The molecule has 1 unspecified atom stereocenters. The summed E-state index contributed by atoms with van der Waals surface area (Å²) in [4.78, 5) is 30.2. The van der Waals surface area contributed by atoms with Crippen LogP contribution in [-0.4, -0.2) is 35.6 Å². The van der Waals surface area contributed by atoms with Crippen LogP contribution in [0.5, 0.6) is 5.75 Å². The summed E-state index contributed by atoms with van der Waals surface area (Å²) in [6.07, 6.45) is 0.121. The van der Waals surface area contributed by atoms with Crippen LogP contribution in [0.15, 0.2) is 22.7 Å². The number of carbonyl (C=O) groups is 2. The molecule has 2 aromatic rings. The molecule has 1 aromatic heterocycles. The molecule has 2 amide bonds. The first-order valence-corrected chi connectivity index (χ1v) is 7.54. The molecule has 2 heterocycles. The molecule has 1 fully saturated rings. The van der Waals surface area contributed by atoms with Crippen molar-refractivity contribution >= 4 is 23.5 Å². The van der Waals surface area contributed by atoms with E-state index in [1.54, 1.807) is 18.9 Å². The van der Waals surface area contributed by atoms with Gasteiger partial charge in [0.15, 0.2) is 5.82 Å². The largest absolute Gasteiger partial charge is 0.495 e. The average Bonchev–Trinajstić information content (AvgIpc) is 3.13. The third kappa shape index (κ3) is 3.08. The third-order valence-electron chi connectivity index (χ3n) is 3.88. The molecule has 0 aliphatic carbocycles. The molecule has 1 N–H and O–H groups in total. The van der Waals surface area contributed by atoms with Crippen LogP contribution in [-0.2, 0) is 9.59 Å². The van der Waals surface area contributed by atoms with E-state index in [-0.39, 0.29) is 30.8 Å². The number of ether oxygens (including phenoxy) is 1. The van der Waals surface area contributed by atoms with Gasteiger partial charge in [-0.15, -0.1) is 0 Å². The summed E-state index contributed by atoms with van der Waals surface area (Å²) in [5.41, 5.74) is 1.68. The number of benzene rings is 1. The molecule has 0 bridgehead atoms. The minimum absolute atomic E-state index is 0.0385. The molecule has 0 spiro atoms. The van der Waals surface area contributed by atoms with Gasteiger partial charge in [-0.2, -0.15) is 4.98 Å². The Morgan fingerprint density at radius 2 is 2.21 bits per heavy atom. The van der Waals surface area contributed by atoms with Gasteiger partial charge in [0, 0.05) is 13.0 Å². The second-order valence-electron chi connectivity index (χ2n) is 5.72. The highest BCUT2D eigenvalue weighted by molar-refractivity contribution is 6.03. The molecule has 0 radical (unpaired) electrons. The quantitative estimate of drug-likeness (QED) is 0.916. The predicted octanol–water partition coefficient (Wildman–Crippen LogP) is 1.69. The molecule has 8 heteroatoms. The fourth-order valence-corrected chi connectivity index (χ4v) is 2.68. The number of hydrogen-bond acceptors (Lipinski definition) is 6. The summed E-state index contributed by atoms with van der Waals surface area (Å²) < 4.78 is 10.2. The van der Waals surface area contributed by atoms with Crippen molar-refractivity contribution < 1.29 is 18.8 Å². The molecular formula is C16H18N4O4. The zero-order valence-corrected chi connectivity index (χ0v) is 13.7. The summed E-state index contributed by atoms with van der Waals surface area (Å²) in [5.74, 6) is 0.0956. The zero-order valence-electron chi connectivity index (χ0n) is 13.7. The summed E-state index contributed by atoms with van der Waals surface area (Å²) in [7, 11) is 1.55. The van der Waals surface area contributed by atoms with E-state index in [1.165, 1.54) is 0 Å². The molecule has 8 nitrogen and oxygen atoms in total. The molecule has 1 aliphatic rings. The molecule has 3 rings (SSSR count). The van der Waals surface area contributed by atoms with Crippen molar-refractivity contribution in [1.82, 2.24) is 10.1 Å². The van der Waals surface area contributed by atoms with Crippen molar-refractivity contribution in [1.29, 1.82) is 0 Å². The second kappa shape index (κ2) is 6.31. The minimum atomic E-state index is -0.491. The van der Waals surface area contributed by atoms with Crippen molar-refractivity contribution in [2.75, 3.05) is 23.9 Å². The Kier molecular flexibility index (Phi) is 4.20. The van der Waals surface area contributed by atoms with Crippen molar-refractivity contribution in [2.24, 2.45) is 5.92 Å². The third-order valence-corrected chi connectivity index (χ3v) is 3.88. The Morgan fingerprint density at radius 3 is 2.88 bits per heavy atom. The van der Waals surface area contributed by atoms with E-state index in [1.807, 2.05) is 25.1 Å². The van der Waals surface area contributed by atoms with Crippen LogP contribution >= 0.6 is 0 Å². The number of nitrogens with zero attached hydrogens (tertiary/aromatic N) is 3. The fraction of sp³-hybridized carbons (Fsp3) is 0.375. The highest BCUT2D eigenvalue weighted by Gasteiger charge is 2.36. The van der Waals surface area contributed by atoms with E-state index >= 15 is 0 Å². The summed E-state index contributed by atoms with van der Waals surface area (Å²) in [6.45, 7) is 3.87. The summed E-state index contributed by atoms with van der Waals surface area (Å²) in [6, 6.07) is 5.63. The maximum Gasteiger partial charge on any atom is 0.328 e. The predicted molar refractivity (Wildman–Crippen MR) is 85.9 cm³/mol. The number of methoxy groups -OCH3 is 1. The van der Waals surface area contributed by atoms with Gasteiger partial charge < -0.3 is 14.2 Å². The van der Waals surface area contributed by atoms with Gasteiger partial charge in [-0.05, 0) is 31.5 Å².